The van der Waals surface area contributed by atoms with Crippen LogP contribution in [0.2, 0.25) is 0 Å². The van der Waals surface area contributed by atoms with E-state index >= 15 is 0 Å². The van der Waals surface area contributed by atoms with E-state index in [0.29, 0.717) is 11.3 Å². The Balaban J connectivity index is 2.12. The normalized spacial score (nSPS) is 18.5. The third-order valence-electron chi connectivity index (χ3n) is 4.45. The predicted octanol–water partition coefficient (Wildman–Crippen LogP) is 4.63. The van der Waals surface area contributed by atoms with Crippen LogP contribution in [0.5, 0.6) is 5.75 Å². The molecule has 2 aromatic carbocycles. The van der Waals surface area contributed by atoms with E-state index in [9.17, 15) is 4.79 Å². The second kappa shape index (κ2) is 6.29. The minimum Gasteiger partial charge on any atom is -0.496 e. The summed E-state index contributed by atoms with van der Waals surface area (Å²) >= 11 is 3.63. The molecular weight excluding hydrogens is 342 g/mol. The van der Waals surface area contributed by atoms with Crippen LogP contribution in [0.15, 0.2) is 34.8 Å². The zero-order valence-corrected chi connectivity index (χ0v) is 14.5. The quantitative estimate of drug-likeness (QED) is 0.780. The molecule has 0 aromatic heterocycles. The first-order chi connectivity index (χ1) is 10.6. The highest BCUT2D eigenvalue weighted by Gasteiger charge is 2.28. The van der Waals surface area contributed by atoms with Crippen molar-refractivity contribution >= 4 is 32.6 Å². The van der Waals surface area contributed by atoms with Gasteiger partial charge in [0.25, 0.3) is 5.91 Å². The van der Waals surface area contributed by atoms with Crippen LogP contribution in [0.25, 0.3) is 10.8 Å². The summed E-state index contributed by atoms with van der Waals surface area (Å²) in [5.74, 6) is 0.690. The zero-order valence-electron chi connectivity index (χ0n) is 12.9. The van der Waals surface area contributed by atoms with Crippen molar-refractivity contribution in [3.05, 3.63) is 40.4 Å². The van der Waals surface area contributed by atoms with Gasteiger partial charge in [0.05, 0.1) is 12.7 Å². The first kappa shape index (κ1) is 15.3. The van der Waals surface area contributed by atoms with Crippen LogP contribution in [-0.2, 0) is 0 Å². The van der Waals surface area contributed by atoms with Crippen molar-refractivity contribution < 1.29 is 9.53 Å². The van der Waals surface area contributed by atoms with Crippen molar-refractivity contribution in [3.63, 3.8) is 0 Å². The molecular formula is C18H20BrNO2. The SMILES string of the molecule is COc1cc2ccccc2c(Br)c1C(=O)N1CCCCC1C. The number of amides is 1. The zero-order chi connectivity index (χ0) is 15.7. The lowest BCUT2D eigenvalue weighted by molar-refractivity contribution is 0.0631. The molecule has 1 atom stereocenters. The number of fused-ring (bicyclic) bond motifs is 1. The Morgan fingerprint density at radius 2 is 2.09 bits per heavy atom. The van der Waals surface area contributed by atoms with E-state index in [0.717, 1.165) is 34.6 Å². The van der Waals surface area contributed by atoms with Crippen molar-refractivity contribution in [2.75, 3.05) is 13.7 Å². The fraction of sp³-hybridized carbons (Fsp3) is 0.389. The van der Waals surface area contributed by atoms with Gasteiger partial charge in [-0.2, -0.15) is 0 Å². The van der Waals surface area contributed by atoms with E-state index in [1.54, 1.807) is 7.11 Å². The second-order valence-electron chi connectivity index (χ2n) is 5.83. The molecule has 0 aliphatic carbocycles. The van der Waals surface area contributed by atoms with Gasteiger partial charge in [-0.3, -0.25) is 4.79 Å². The summed E-state index contributed by atoms with van der Waals surface area (Å²) in [7, 11) is 1.62. The topological polar surface area (TPSA) is 29.5 Å². The summed E-state index contributed by atoms with van der Waals surface area (Å²) in [6, 6.07) is 10.3. The summed E-state index contributed by atoms with van der Waals surface area (Å²) in [5, 5.41) is 2.10. The molecule has 3 rings (SSSR count). The molecule has 1 amide bonds. The molecule has 1 heterocycles. The van der Waals surface area contributed by atoms with Gasteiger partial charge in [-0.15, -0.1) is 0 Å². The molecule has 1 unspecified atom stereocenters. The van der Waals surface area contributed by atoms with E-state index in [1.807, 2.05) is 35.2 Å². The van der Waals surface area contributed by atoms with Crippen LogP contribution in [0.1, 0.15) is 36.5 Å². The minimum atomic E-state index is 0.0571. The summed E-state index contributed by atoms with van der Waals surface area (Å²) in [4.78, 5) is 15.0. The van der Waals surface area contributed by atoms with E-state index in [1.165, 1.54) is 6.42 Å². The first-order valence-corrected chi connectivity index (χ1v) is 8.49. The van der Waals surface area contributed by atoms with E-state index in [4.69, 9.17) is 4.74 Å². The van der Waals surface area contributed by atoms with Crippen molar-refractivity contribution in [2.24, 2.45) is 0 Å². The Morgan fingerprint density at radius 1 is 1.32 bits per heavy atom. The van der Waals surface area contributed by atoms with Gasteiger partial charge in [-0.25, -0.2) is 0 Å². The molecule has 1 aliphatic heterocycles. The van der Waals surface area contributed by atoms with Crippen LogP contribution in [0.3, 0.4) is 0 Å². The predicted molar refractivity (Wildman–Crippen MR) is 92.5 cm³/mol. The Hall–Kier alpha value is -1.55. The number of ether oxygens (including phenoxy) is 1. The number of carbonyl (C=O) groups excluding carboxylic acids is 1. The number of methoxy groups -OCH3 is 1. The number of halogens is 1. The molecule has 0 N–H and O–H groups in total. The number of carbonyl (C=O) groups is 1. The Kier molecular flexibility index (Phi) is 4.39. The van der Waals surface area contributed by atoms with Gasteiger partial charge < -0.3 is 9.64 Å². The molecule has 3 nitrogen and oxygen atoms in total. The van der Waals surface area contributed by atoms with Crippen LogP contribution >= 0.6 is 15.9 Å². The monoisotopic (exact) mass is 361 g/mol. The lowest BCUT2D eigenvalue weighted by Crippen LogP contribution is -2.42. The van der Waals surface area contributed by atoms with E-state index < -0.39 is 0 Å². The van der Waals surface area contributed by atoms with Crippen molar-refractivity contribution in [1.29, 1.82) is 0 Å². The van der Waals surface area contributed by atoms with Crippen LogP contribution in [0.4, 0.5) is 0 Å². The fourth-order valence-electron chi connectivity index (χ4n) is 3.18. The van der Waals surface area contributed by atoms with Gasteiger partial charge in [0.2, 0.25) is 0 Å². The number of hydrogen-bond acceptors (Lipinski definition) is 2. The third kappa shape index (κ3) is 2.60. The van der Waals surface area contributed by atoms with Gasteiger partial charge in [-0.1, -0.05) is 24.3 Å². The first-order valence-electron chi connectivity index (χ1n) is 7.69. The maximum absolute atomic E-state index is 13.1. The highest BCUT2D eigenvalue weighted by Crippen LogP contribution is 2.36. The minimum absolute atomic E-state index is 0.0571. The second-order valence-corrected chi connectivity index (χ2v) is 6.63. The van der Waals surface area contributed by atoms with E-state index in [2.05, 4.69) is 22.9 Å². The van der Waals surface area contributed by atoms with Crippen LogP contribution < -0.4 is 4.74 Å². The van der Waals surface area contributed by atoms with Crippen LogP contribution in [0, 0.1) is 0 Å². The lowest BCUT2D eigenvalue weighted by atomic mass is 10.0. The summed E-state index contributed by atoms with van der Waals surface area (Å²) in [6.07, 6.45) is 3.34. The smallest absolute Gasteiger partial charge is 0.259 e. The Morgan fingerprint density at radius 3 is 2.82 bits per heavy atom. The molecule has 0 saturated carbocycles. The summed E-state index contributed by atoms with van der Waals surface area (Å²) in [5.41, 5.74) is 0.634. The number of nitrogens with zero attached hydrogens (tertiary/aromatic N) is 1. The van der Waals surface area contributed by atoms with Crippen molar-refractivity contribution in [1.82, 2.24) is 4.90 Å². The molecule has 1 saturated heterocycles. The fourth-order valence-corrected chi connectivity index (χ4v) is 3.91. The Labute approximate surface area is 139 Å². The molecule has 0 spiro atoms. The third-order valence-corrected chi connectivity index (χ3v) is 5.27. The molecule has 4 heteroatoms. The standard InChI is InChI=1S/C18H20BrNO2/c1-12-7-5-6-10-20(12)18(21)16-15(22-2)11-13-8-3-4-9-14(13)17(16)19/h3-4,8-9,11-12H,5-7,10H2,1-2H3. The van der Waals surface area contributed by atoms with Gasteiger partial charge in [0, 0.05) is 17.1 Å². The lowest BCUT2D eigenvalue weighted by Gasteiger charge is -2.34. The highest BCUT2D eigenvalue weighted by atomic mass is 79.9. The van der Waals surface area contributed by atoms with Gasteiger partial charge in [-0.05, 0) is 59.0 Å². The average molecular weight is 362 g/mol. The number of rotatable bonds is 2. The largest absolute Gasteiger partial charge is 0.496 e. The van der Waals surface area contributed by atoms with Crippen molar-refractivity contribution in [2.45, 2.75) is 32.2 Å². The number of hydrogen-bond donors (Lipinski definition) is 0. The number of piperidine rings is 1. The average Bonchev–Trinajstić information content (AvgIpc) is 2.54. The molecule has 0 radical (unpaired) electrons. The van der Waals surface area contributed by atoms with Crippen molar-refractivity contribution in [3.8, 4) is 5.75 Å². The maximum atomic E-state index is 13.1. The van der Waals surface area contributed by atoms with Gasteiger partial charge in [0.1, 0.15) is 5.75 Å². The molecule has 2 aromatic rings. The molecule has 116 valence electrons. The van der Waals surface area contributed by atoms with Gasteiger partial charge in [0.15, 0.2) is 0 Å². The Bertz CT molecular complexity index is 714. The van der Waals surface area contributed by atoms with E-state index in [-0.39, 0.29) is 11.9 Å². The van der Waals surface area contributed by atoms with Crippen LogP contribution in [-0.4, -0.2) is 30.5 Å². The number of benzene rings is 2. The van der Waals surface area contributed by atoms with Gasteiger partial charge >= 0.3 is 0 Å². The molecule has 22 heavy (non-hydrogen) atoms. The highest BCUT2D eigenvalue weighted by molar-refractivity contribution is 9.10. The maximum Gasteiger partial charge on any atom is 0.259 e. The summed E-state index contributed by atoms with van der Waals surface area (Å²) < 4.78 is 6.33. The molecule has 0 bridgehead atoms. The number of likely N-dealkylation sites (tertiary alicyclic amines) is 1. The summed E-state index contributed by atoms with van der Waals surface area (Å²) in [6.45, 7) is 2.95. The molecule has 1 aliphatic rings. The molecule has 1 fully saturated rings.